The number of halogens is 1. The molecule has 3 aromatic rings. The van der Waals surface area contributed by atoms with Gasteiger partial charge in [-0.05, 0) is 60.2 Å². The molecule has 7 heteroatoms. The average molecular weight is 449 g/mol. The summed E-state index contributed by atoms with van der Waals surface area (Å²) in [5.41, 5.74) is 4.02. The third kappa shape index (κ3) is 5.28. The van der Waals surface area contributed by atoms with Crippen molar-refractivity contribution in [1.82, 2.24) is 5.43 Å². The van der Waals surface area contributed by atoms with Gasteiger partial charge in [-0.25, -0.2) is 5.01 Å². The minimum Gasteiger partial charge on any atom is -0.493 e. The van der Waals surface area contributed by atoms with Gasteiger partial charge in [0.25, 0.3) is 11.8 Å². The monoisotopic (exact) mass is 448 g/mol. The zero-order valence-corrected chi connectivity index (χ0v) is 17.9. The molecule has 3 aromatic carbocycles. The summed E-state index contributed by atoms with van der Waals surface area (Å²) in [6.45, 7) is 1.03. The van der Waals surface area contributed by atoms with Crippen LogP contribution in [-0.2, 0) is 9.59 Å². The van der Waals surface area contributed by atoms with Crippen LogP contribution in [0.3, 0.4) is 0 Å². The van der Waals surface area contributed by atoms with Crippen LogP contribution in [0.1, 0.15) is 12.0 Å². The number of hydrogen-bond acceptors (Lipinski definition) is 4. The maximum absolute atomic E-state index is 12.6. The van der Waals surface area contributed by atoms with E-state index in [1.807, 2.05) is 18.2 Å². The van der Waals surface area contributed by atoms with E-state index < -0.39 is 5.91 Å². The number of hydrazine groups is 1. The van der Waals surface area contributed by atoms with Crippen LogP contribution in [-0.4, -0.2) is 25.0 Å². The Hall–Kier alpha value is -3.77. The molecule has 0 spiro atoms. The second-order valence-electron chi connectivity index (χ2n) is 7.05. The van der Waals surface area contributed by atoms with Crippen LogP contribution >= 0.6 is 11.6 Å². The molecule has 6 nitrogen and oxygen atoms in total. The van der Waals surface area contributed by atoms with Gasteiger partial charge in [0.15, 0.2) is 0 Å². The highest BCUT2D eigenvalue weighted by atomic mass is 35.5. The standard InChI is InChI=1S/C25H21ClN2O4/c26-19-9-13-22(14-10-19)32-16-4-15-31-21-11-7-18(8-12-21)17-23-24(29)27-28(25(23)30)20-5-2-1-3-6-20/h1-3,5-14,17H,4,15-16H2,(H,27,29)/b23-17-. The lowest BCUT2D eigenvalue weighted by Crippen LogP contribution is -2.35. The molecule has 0 aliphatic carbocycles. The zero-order chi connectivity index (χ0) is 22.3. The van der Waals surface area contributed by atoms with Gasteiger partial charge in [0.2, 0.25) is 0 Å². The molecule has 1 N–H and O–H groups in total. The van der Waals surface area contributed by atoms with E-state index in [2.05, 4.69) is 5.43 Å². The molecule has 0 aromatic heterocycles. The molecule has 2 amide bonds. The fourth-order valence-electron chi connectivity index (χ4n) is 3.11. The highest BCUT2D eigenvalue weighted by Crippen LogP contribution is 2.22. The van der Waals surface area contributed by atoms with Crippen LogP contribution < -0.4 is 19.9 Å². The van der Waals surface area contributed by atoms with Gasteiger partial charge in [-0.15, -0.1) is 0 Å². The molecule has 1 saturated heterocycles. The number of anilines is 1. The first kappa shape index (κ1) is 21.5. The second-order valence-corrected chi connectivity index (χ2v) is 7.48. The lowest BCUT2D eigenvalue weighted by molar-refractivity contribution is -0.117. The molecule has 162 valence electrons. The molecular formula is C25H21ClN2O4. The number of para-hydroxylation sites is 1. The van der Waals surface area contributed by atoms with Crippen molar-refractivity contribution in [3.63, 3.8) is 0 Å². The topological polar surface area (TPSA) is 67.9 Å². The molecule has 1 heterocycles. The van der Waals surface area contributed by atoms with E-state index in [4.69, 9.17) is 21.1 Å². The zero-order valence-electron chi connectivity index (χ0n) is 17.2. The lowest BCUT2D eigenvalue weighted by atomic mass is 10.1. The number of rotatable bonds is 8. The highest BCUT2D eigenvalue weighted by molar-refractivity contribution is 6.31. The summed E-state index contributed by atoms with van der Waals surface area (Å²) < 4.78 is 11.4. The van der Waals surface area contributed by atoms with Gasteiger partial charge in [0, 0.05) is 11.4 Å². The first-order chi connectivity index (χ1) is 15.6. The van der Waals surface area contributed by atoms with Gasteiger partial charge in [0.1, 0.15) is 17.1 Å². The Morgan fingerprint density at radius 3 is 2.03 bits per heavy atom. The van der Waals surface area contributed by atoms with E-state index >= 15 is 0 Å². The second kappa shape index (κ2) is 10.0. The number of benzene rings is 3. The van der Waals surface area contributed by atoms with E-state index in [9.17, 15) is 9.59 Å². The number of ether oxygens (including phenoxy) is 2. The predicted octanol–water partition coefficient (Wildman–Crippen LogP) is 4.65. The van der Waals surface area contributed by atoms with Crippen molar-refractivity contribution in [3.8, 4) is 11.5 Å². The Morgan fingerprint density at radius 1 is 0.812 bits per heavy atom. The van der Waals surface area contributed by atoms with Gasteiger partial charge < -0.3 is 9.47 Å². The van der Waals surface area contributed by atoms with E-state index in [-0.39, 0.29) is 11.5 Å². The van der Waals surface area contributed by atoms with Gasteiger partial charge in [0.05, 0.1) is 18.9 Å². The van der Waals surface area contributed by atoms with Crippen LogP contribution in [0.25, 0.3) is 6.08 Å². The molecule has 0 atom stereocenters. The summed E-state index contributed by atoms with van der Waals surface area (Å²) in [6, 6.07) is 23.4. The molecule has 4 rings (SSSR count). The van der Waals surface area contributed by atoms with Crippen LogP contribution in [0.4, 0.5) is 5.69 Å². The van der Waals surface area contributed by atoms with Crippen LogP contribution in [0.5, 0.6) is 11.5 Å². The van der Waals surface area contributed by atoms with E-state index in [0.717, 1.165) is 17.7 Å². The van der Waals surface area contributed by atoms with Gasteiger partial charge in [-0.1, -0.05) is 41.9 Å². The molecular weight excluding hydrogens is 428 g/mol. The molecule has 32 heavy (non-hydrogen) atoms. The van der Waals surface area contributed by atoms with Crippen LogP contribution in [0.2, 0.25) is 5.02 Å². The molecule has 0 saturated carbocycles. The van der Waals surface area contributed by atoms with Gasteiger partial charge in [-0.3, -0.25) is 15.0 Å². The van der Waals surface area contributed by atoms with Crippen molar-refractivity contribution in [2.75, 3.05) is 18.2 Å². The molecule has 1 aliphatic rings. The SMILES string of the molecule is O=C1NN(c2ccccc2)C(=O)/C1=C\c1ccc(OCCCOc2ccc(Cl)cc2)cc1. The number of carbonyl (C=O) groups is 2. The summed E-state index contributed by atoms with van der Waals surface area (Å²) >= 11 is 5.85. The third-order valence-corrected chi connectivity index (χ3v) is 4.99. The summed E-state index contributed by atoms with van der Waals surface area (Å²) in [5, 5.41) is 1.92. The fourth-order valence-corrected chi connectivity index (χ4v) is 3.24. The largest absolute Gasteiger partial charge is 0.493 e. The number of hydrogen-bond donors (Lipinski definition) is 1. The minimum atomic E-state index is -0.431. The van der Waals surface area contributed by atoms with Crippen LogP contribution in [0.15, 0.2) is 84.4 Å². The third-order valence-electron chi connectivity index (χ3n) is 4.74. The predicted molar refractivity (Wildman–Crippen MR) is 124 cm³/mol. The van der Waals surface area contributed by atoms with Gasteiger partial charge >= 0.3 is 0 Å². The van der Waals surface area contributed by atoms with Crippen molar-refractivity contribution in [2.24, 2.45) is 0 Å². The maximum Gasteiger partial charge on any atom is 0.282 e. The number of amides is 2. The number of nitrogens with one attached hydrogen (secondary N) is 1. The first-order valence-electron chi connectivity index (χ1n) is 10.1. The summed E-state index contributed by atoms with van der Waals surface area (Å²) in [4.78, 5) is 24.9. The molecule has 0 bridgehead atoms. The van der Waals surface area contributed by atoms with Crippen molar-refractivity contribution in [3.05, 3.63) is 95.0 Å². The summed E-state index contributed by atoms with van der Waals surface area (Å²) in [5.74, 6) is 0.650. The quantitative estimate of drug-likeness (QED) is 0.309. The summed E-state index contributed by atoms with van der Waals surface area (Å²) in [7, 11) is 0. The van der Waals surface area contributed by atoms with E-state index in [1.165, 1.54) is 5.01 Å². The Bertz CT molecular complexity index is 1110. The van der Waals surface area contributed by atoms with Crippen molar-refractivity contribution in [1.29, 1.82) is 0 Å². The van der Waals surface area contributed by atoms with Crippen molar-refractivity contribution >= 4 is 35.2 Å². The number of carbonyl (C=O) groups excluding carboxylic acids is 2. The number of nitrogens with zero attached hydrogens (tertiary/aromatic N) is 1. The molecule has 0 unspecified atom stereocenters. The van der Waals surface area contributed by atoms with Crippen LogP contribution in [0, 0.1) is 0 Å². The first-order valence-corrected chi connectivity index (χ1v) is 10.5. The normalized spacial score (nSPS) is 14.5. The highest BCUT2D eigenvalue weighted by Gasteiger charge is 2.34. The summed E-state index contributed by atoms with van der Waals surface area (Å²) in [6.07, 6.45) is 2.29. The van der Waals surface area contributed by atoms with Crippen molar-refractivity contribution in [2.45, 2.75) is 6.42 Å². The molecule has 1 fully saturated rings. The molecule has 0 radical (unpaired) electrons. The average Bonchev–Trinajstić information content (AvgIpc) is 3.10. The Morgan fingerprint density at radius 2 is 1.41 bits per heavy atom. The maximum atomic E-state index is 12.6. The molecule has 1 aliphatic heterocycles. The van der Waals surface area contributed by atoms with Crippen molar-refractivity contribution < 1.29 is 19.1 Å². The minimum absolute atomic E-state index is 0.0851. The lowest BCUT2D eigenvalue weighted by Gasteiger charge is -2.13. The van der Waals surface area contributed by atoms with Gasteiger partial charge in [-0.2, -0.15) is 0 Å². The Balaban J connectivity index is 1.28. The van der Waals surface area contributed by atoms with E-state index in [0.29, 0.717) is 29.7 Å². The Kier molecular flexibility index (Phi) is 6.72. The van der Waals surface area contributed by atoms with E-state index in [1.54, 1.807) is 66.7 Å². The smallest absolute Gasteiger partial charge is 0.282 e. The fraction of sp³-hybridized carbons (Fsp3) is 0.120. The Labute approximate surface area is 191 Å².